The summed E-state index contributed by atoms with van der Waals surface area (Å²) >= 11 is 6.30. The number of hydrogen-bond acceptors (Lipinski definition) is 2. The fourth-order valence-corrected chi connectivity index (χ4v) is 2.96. The molecule has 0 aliphatic carbocycles. The van der Waals surface area contributed by atoms with Gasteiger partial charge in [-0.05, 0) is 24.5 Å². The predicted octanol–water partition coefficient (Wildman–Crippen LogP) is 3.20. The van der Waals surface area contributed by atoms with E-state index in [4.69, 9.17) is 16.3 Å². The van der Waals surface area contributed by atoms with E-state index in [1.54, 1.807) is 7.11 Å². The SMILES string of the molecule is COc1cccc(Cl)c1CC1(C(C)C)CCC(=O)N1. The Morgan fingerprint density at radius 2 is 2.21 bits per heavy atom. The van der Waals surface area contributed by atoms with Crippen molar-refractivity contribution in [3.8, 4) is 5.75 Å². The van der Waals surface area contributed by atoms with Crippen LogP contribution in [0.4, 0.5) is 0 Å². The van der Waals surface area contributed by atoms with Gasteiger partial charge >= 0.3 is 0 Å². The number of nitrogens with one attached hydrogen (secondary N) is 1. The number of carbonyl (C=O) groups is 1. The quantitative estimate of drug-likeness (QED) is 0.920. The molecule has 1 amide bonds. The van der Waals surface area contributed by atoms with Gasteiger partial charge in [-0.25, -0.2) is 0 Å². The van der Waals surface area contributed by atoms with Crippen LogP contribution in [0.15, 0.2) is 18.2 Å². The summed E-state index contributed by atoms with van der Waals surface area (Å²) in [7, 11) is 1.64. The summed E-state index contributed by atoms with van der Waals surface area (Å²) in [6, 6.07) is 5.65. The van der Waals surface area contributed by atoms with Crippen LogP contribution in [-0.4, -0.2) is 18.6 Å². The molecule has 1 atom stereocenters. The Hall–Kier alpha value is -1.22. The maximum Gasteiger partial charge on any atom is 0.220 e. The molecule has 104 valence electrons. The number of halogens is 1. The zero-order valence-electron chi connectivity index (χ0n) is 11.6. The number of amides is 1. The van der Waals surface area contributed by atoms with Crippen molar-refractivity contribution in [1.82, 2.24) is 5.32 Å². The van der Waals surface area contributed by atoms with Crippen molar-refractivity contribution in [3.05, 3.63) is 28.8 Å². The van der Waals surface area contributed by atoms with Crippen molar-refractivity contribution in [2.45, 2.75) is 38.6 Å². The summed E-state index contributed by atoms with van der Waals surface area (Å²) < 4.78 is 5.39. The summed E-state index contributed by atoms with van der Waals surface area (Å²) in [5, 5.41) is 3.84. The molecule has 1 aliphatic rings. The third-order valence-electron chi connectivity index (χ3n) is 4.08. The molecule has 1 saturated heterocycles. The number of ether oxygens (including phenoxy) is 1. The Balaban J connectivity index is 2.35. The molecule has 1 N–H and O–H groups in total. The zero-order chi connectivity index (χ0) is 14.0. The number of rotatable bonds is 4. The van der Waals surface area contributed by atoms with Crippen LogP contribution in [0.3, 0.4) is 0 Å². The van der Waals surface area contributed by atoms with Gasteiger partial charge in [0.25, 0.3) is 0 Å². The molecule has 0 saturated carbocycles. The van der Waals surface area contributed by atoms with Crippen molar-refractivity contribution in [2.24, 2.45) is 5.92 Å². The molecule has 1 heterocycles. The smallest absolute Gasteiger partial charge is 0.220 e. The fourth-order valence-electron chi connectivity index (χ4n) is 2.73. The molecule has 1 unspecified atom stereocenters. The van der Waals surface area contributed by atoms with Gasteiger partial charge in [0.2, 0.25) is 5.91 Å². The molecule has 0 aromatic heterocycles. The van der Waals surface area contributed by atoms with E-state index < -0.39 is 0 Å². The van der Waals surface area contributed by atoms with Crippen molar-refractivity contribution >= 4 is 17.5 Å². The van der Waals surface area contributed by atoms with Crippen molar-refractivity contribution in [3.63, 3.8) is 0 Å². The molecule has 0 radical (unpaired) electrons. The van der Waals surface area contributed by atoms with Crippen LogP contribution < -0.4 is 10.1 Å². The van der Waals surface area contributed by atoms with Crippen LogP contribution in [0, 0.1) is 5.92 Å². The van der Waals surface area contributed by atoms with Crippen molar-refractivity contribution in [2.75, 3.05) is 7.11 Å². The van der Waals surface area contributed by atoms with E-state index in [9.17, 15) is 4.79 Å². The van der Waals surface area contributed by atoms with E-state index in [0.29, 0.717) is 23.8 Å². The monoisotopic (exact) mass is 281 g/mol. The third kappa shape index (κ3) is 2.71. The van der Waals surface area contributed by atoms with Gasteiger partial charge in [0.05, 0.1) is 7.11 Å². The molecule has 4 heteroatoms. The standard InChI is InChI=1S/C15H20ClNO2/c1-10(2)15(8-7-14(18)17-15)9-11-12(16)5-4-6-13(11)19-3/h4-6,10H,7-9H2,1-3H3,(H,17,18). The summed E-state index contributed by atoms with van der Waals surface area (Å²) in [4.78, 5) is 11.6. The lowest BCUT2D eigenvalue weighted by Gasteiger charge is -2.34. The highest BCUT2D eigenvalue weighted by Crippen LogP contribution is 2.37. The van der Waals surface area contributed by atoms with Gasteiger partial charge < -0.3 is 10.1 Å². The van der Waals surface area contributed by atoms with Gasteiger partial charge in [-0.3, -0.25) is 4.79 Å². The number of hydrogen-bond donors (Lipinski definition) is 1. The van der Waals surface area contributed by atoms with Crippen LogP contribution in [0.25, 0.3) is 0 Å². The Bertz CT molecular complexity index is 487. The van der Waals surface area contributed by atoms with Crippen LogP contribution in [0.1, 0.15) is 32.3 Å². The van der Waals surface area contributed by atoms with Gasteiger partial charge in [0.1, 0.15) is 5.75 Å². The normalized spacial score (nSPS) is 22.7. The first-order chi connectivity index (χ1) is 8.98. The number of methoxy groups -OCH3 is 1. The molecule has 0 bridgehead atoms. The molecule has 3 nitrogen and oxygen atoms in total. The highest BCUT2D eigenvalue weighted by atomic mass is 35.5. The second-order valence-electron chi connectivity index (χ2n) is 5.46. The molecule has 1 fully saturated rings. The minimum Gasteiger partial charge on any atom is -0.496 e. The number of carbonyl (C=O) groups excluding carboxylic acids is 1. The molecule has 1 aromatic carbocycles. The molecule has 19 heavy (non-hydrogen) atoms. The first-order valence-corrected chi connectivity index (χ1v) is 6.99. The Morgan fingerprint density at radius 1 is 1.47 bits per heavy atom. The van der Waals surface area contributed by atoms with E-state index in [-0.39, 0.29) is 11.4 Å². The van der Waals surface area contributed by atoms with Gasteiger partial charge in [-0.15, -0.1) is 0 Å². The highest BCUT2D eigenvalue weighted by Gasteiger charge is 2.41. The lowest BCUT2D eigenvalue weighted by atomic mass is 9.79. The highest BCUT2D eigenvalue weighted by molar-refractivity contribution is 6.31. The van der Waals surface area contributed by atoms with Gasteiger partial charge in [0.15, 0.2) is 0 Å². The van der Waals surface area contributed by atoms with E-state index in [1.807, 2.05) is 18.2 Å². The van der Waals surface area contributed by atoms with Crippen molar-refractivity contribution < 1.29 is 9.53 Å². The fraction of sp³-hybridized carbons (Fsp3) is 0.533. The first-order valence-electron chi connectivity index (χ1n) is 6.61. The average molecular weight is 282 g/mol. The Morgan fingerprint density at radius 3 is 2.74 bits per heavy atom. The van der Waals surface area contributed by atoms with Gasteiger partial charge in [-0.1, -0.05) is 31.5 Å². The van der Waals surface area contributed by atoms with Crippen molar-refractivity contribution in [1.29, 1.82) is 0 Å². The summed E-state index contributed by atoms with van der Waals surface area (Å²) in [5.41, 5.74) is 0.762. The number of benzene rings is 1. The summed E-state index contributed by atoms with van der Waals surface area (Å²) in [6.45, 7) is 4.27. The first kappa shape index (κ1) is 14.2. The average Bonchev–Trinajstić information content (AvgIpc) is 2.75. The lowest BCUT2D eigenvalue weighted by molar-refractivity contribution is -0.120. The van der Waals surface area contributed by atoms with Gasteiger partial charge in [-0.2, -0.15) is 0 Å². The molecular weight excluding hydrogens is 262 g/mol. The summed E-state index contributed by atoms with van der Waals surface area (Å²) in [5.74, 6) is 1.26. The second kappa shape index (κ2) is 5.41. The van der Waals surface area contributed by atoms with Crippen LogP contribution in [-0.2, 0) is 11.2 Å². The lowest BCUT2D eigenvalue weighted by Crippen LogP contribution is -2.48. The zero-order valence-corrected chi connectivity index (χ0v) is 12.4. The largest absolute Gasteiger partial charge is 0.496 e. The third-order valence-corrected chi connectivity index (χ3v) is 4.43. The van der Waals surface area contributed by atoms with E-state index in [0.717, 1.165) is 17.7 Å². The van der Waals surface area contributed by atoms with Crippen LogP contribution in [0.2, 0.25) is 5.02 Å². The predicted molar refractivity (Wildman–Crippen MR) is 76.7 cm³/mol. The van der Waals surface area contributed by atoms with Crippen LogP contribution in [0.5, 0.6) is 5.75 Å². The maximum absolute atomic E-state index is 11.6. The minimum atomic E-state index is -0.213. The van der Waals surface area contributed by atoms with E-state index >= 15 is 0 Å². The molecule has 2 rings (SSSR count). The second-order valence-corrected chi connectivity index (χ2v) is 5.86. The molecule has 1 aromatic rings. The maximum atomic E-state index is 11.6. The summed E-state index contributed by atoms with van der Waals surface area (Å²) in [6.07, 6.45) is 2.14. The topological polar surface area (TPSA) is 38.3 Å². The van der Waals surface area contributed by atoms with Gasteiger partial charge in [0, 0.05) is 29.0 Å². The molecule has 1 aliphatic heterocycles. The van der Waals surface area contributed by atoms with E-state index in [2.05, 4.69) is 19.2 Å². The molecular formula is C15H20ClNO2. The minimum absolute atomic E-state index is 0.125. The Labute approximate surface area is 119 Å². The van der Waals surface area contributed by atoms with E-state index in [1.165, 1.54) is 0 Å². The molecule has 0 spiro atoms. The Kier molecular flexibility index (Phi) is 4.04. The van der Waals surface area contributed by atoms with Crippen LogP contribution >= 0.6 is 11.6 Å².